The number of nitrogens with zero attached hydrogens (tertiary/aromatic N) is 1. The van der Waals surface area contributed by atoms with Gasteiger partial charge in [-0.05, 0) is 19.4 Å². The lowest BCUT2D eigenvalue weighted by atomic mass is 10.1. The summed E-state index contributed by atoms with van der Waals surface area (Å²) in [6, 6.07) is 11.2. The Labute approximate surface area is 118 Å². The number of benzene rings is 1. The van der Waals surface area contributed by atoms with E-state index in [4.69, 9.17) is 0 Å². The second-order valence-electron chi connectivity index (χ2n) is 4.70. The Morgan fingerprint density at radius 1 is 1.25 bits per heavy atom. The van der Waals surface area contributed by atoms with Crippen LogP contribution in [0.5, 0.6) is 0 Å². The molecule has 0 bridgehead atoms. The molecule has 0 saturated carbocycles. The van der Waals surface area contributed by atoms with Gasteiger partial charge in [0.1, 0.15) is 5.56 Å². The number of rotatable bonds is 4. The lowest BCUT2D eigenvalue weighted by Crippen LogP contribution is -2.33. The molecule has 2 rings (SSSR count). The molecule has 1 amide bonds. The fourth-order valence-electron chi connectivity index (χ4n) is 2.04. The van der Waals surface area contributed by atoms with Gasteiger partial charge < -0.3 is 9.88 Å². The molecule has 0 aliphatic rings. The largest absolute Gasteiger partial charge is 0.364 e. The molecule has 0 fully saturated rings. The molecule has 4 heteroatoms. The van der Waals surface area contributed by atoms with Crippen LogP contribution in [0.25, 0.3) is 0 Å². The summed E-state index contributed by atoms with van der Waals surface area (Å²) in [6.45, 7) is 4.75. The maximum absolute atomic E-state index is 12.4. The third kappa shape index (κ3) is 3.15. The SMILES string of the molecule is CCN(Cc1ccccc1)C(=O)c1c[nH]c(C)cc1=O. The van der Waals surface area contributed by atoms with Crippen molar-refractivity contribution in [2.24, 2.45) is 0 Å². The smallest absolute Gasteiger partial charge is 0.259 e. The van der Waals surface area contributed by atoms with Gasteiger partial charge >= 0.3 is 0 Å². The van der Waals surface area contributed by atoms with Crippen molar-refractivity contribution in [1.82, 2.24) is 9.88 Å². The fourth-order valence-corrected chi connectivity index (χ4v) is 2.04. The number of hydrogen-bond donors (Lipinski definition) is 1. The number of aromatic nitrogens is 1. The van der Waals surface area contributed by atoms with E-state index in [9.17, 15) is 9.59 Å². The van der Waals surface area contributed by atoms with Crippen LogP contribution in [0, 0.1) is 6.92 Å². The Kier molecular flexibility index (Phi) is 4.35. The van der Waals surface area contributed by atoms with Gasteiger partial charge in [-0.1, -0.05) is 30.3 Å². The van der Waals surface area contributed by atoms with Crippen molar-refractivity contribution in [3.8, 4) is 0 Å². The lowest BCUT2D eigenvalue weighted by molar-refractivity contribution is 0.0751. The Balaban J connectivity index is 2.23. The molecule has 0 spiro atoms. The second kappa shape index (κ2) is 6.19. The first-order chi connectivity index (χ1) is 9.61. The highest BCUT2D eigenvalue weighted by molar-refractivity contribution is 5.93. The summed E-state index contributed by atoms with van der Waals surface area (Å²) in [6.07, 6.45) is 1.49. The molecule has 1 heterocycles. The average Bonchev–Trinajstić information content (AvgIpc) is 2.45. The molecule has 4 nitrogen and oxygen atoms in total. The van der Waals surface area contributed by atoms with Gasteiger partial charge in [0.2, 0.25) is 0 Å². The zero-order valence-corrected chi connectivity index (χ0v) is 11.7. The number of H-pyrrole nitrogens is 1. The van der Waals surface area contributed by atoms with Crippen LogP contribution < -0.4 is 5.43 Å². The van der Waals surface area contributed by atoms with Crippen LogP contribution in [0.2, 0.25) is 0 Å². The van der Waals surface area contributed by atoms with Crippen molar-refractivity contribution >= 4 is 5.91 Å². The molecule has 104 valence electrons. The monoisotopic (exact) mass is 270 g/mol. The first-order valence-corrected chi connectivity index (χ1v) is 6.64. The van der Waals surface area contributed by atoms with E-state index in [1.165, 1.54) is 12.3 Å². The van der Waals surface area contributed by atoms with Gasteiger partial charge in [-0.2, -0.15) is 0 Å². The number of aryl methyl sites for hydroxylation is 1. The highest BCUT2D eigenvalue weighted by Crippen LogP contribution is 2.07. The summed E-state index contributed by atoms with van der Waals surface area (Å²) in [5.74, 6) is -0.238. The molecule has 20 heavy (non-hydrogen) atoms. The van der Waals surface area contributed by atoms with Gasteiger partial charge in [-0.15, -0.1) is 0 Å². The normalized spacial score (nSPS) is 10.3. The summed E-state index contributed by atoms with van der Waals surface area (Å²) >= 11 is 0. The van der Waals surface area contributed by atoms with Crippen LogP contribution in [-0.2, 0) is 6.54 Å². The topological polar surface area (TPSA) is 53.2 Å². The third-order valence-electron chi connectivity index (χ3n) is 3.17. The van der Waals surface area contributed by atoms with Crippen molar-refractivity contribution < 1.29 is 4.79 Å². The van der Waals surface area contributed by atoms with Crippen molar-refractivity contribution in [2.75, 3.05) is 6.54 Å². The van der Waals surface area contributed by atoms with Crippen molar-refractivity contribution in [1.29, 1.82) is 0 Å². The number of nitrogens with one attached hydrogen (secondary N) is 1. The second-order valence-corrected chi connectivity index (χ2v) is 4.70. The van der Waals surface area contributed by atoms with E-state index in [1.54, 1.807) is 11.8 Å². The van der Waals surface area contributed by atoms with E-state index >= 15 is 0 Å². The summed E-state index contributed by atoms with van der Waals surface area (Å²) < 4.78 is 0. The molecule has 2 aromatic rings. The zero-order chi connectivity index (χ0) is 14.5. The third-order valence-corrected chi connectivity index (χ3v) is 3.17. The van der Waals surface area contributed by atoms with Crippen LogP contribution in [0.4, 0.5) is 0 Å². The van der Waals surface area contributed by atoms with Crippen molar-refractivity contribution in [3.05, 3.63) is 69.6 Å². The fraction of sp³-hybridized carbons (Fsp3) is 0.250. The number of carbonyl (C=O) groups excluding carboxylic acids is 1. The van der Waals surface area contributed by atoms with Crippen molar-refractivity contribution in [2.45, 2.75) is 20.4 Å². The summed E-state index contributed by atoms with van der Waals surface area (Å²) in [5, 5.41) is 0. The Morgan fingerprint density at radius 2 is 1.95 bits per heavy atom. The lowest BCUT2D eigenvalue weighted by Gasteiger charge is -2.20. The Bertz CT molecular complexity index is 647. The minimum atomic E-state index is -0.238. The van der Waals surface area contributed by atoms with Gasteiger partial charge in [-0.3, -0.25) is 9.59 Å². The van der Waals surface area contributed by atoms with Gasteiger partial charge in [0.25, 0.3) is 5.91 Å². The van der Waals surface area contributed by atoms with Gasteiger partial charge in [0.05, 0.1) is 0 Å². The van der Waals surface area contributed by atoms with E-state index in [0.29, 0.717) is 13.1 Å². The standard InChI is InChI=1S/C16H18N2O2/c1-3-18(11-13-7-5-4-6-8-13)16(20)14-10-17-12(2)9-15(14)19/h4-10H,3,11H2,1-2H3,(H,17,19). The summed E-state index contributed by atoms with van der Waals surface area (Å²) in [5.41, 5.74) is 1.75. The van der Waals surface area contributed by atoms with E-state index < -0.39 is 0 Å². The molecular weight excluding hydrogens is 252 g/mol. The number of amides is 1. The van der Waals surface area contributed by atoms with Crippen molar-refractivity contribution in [3.63, 3.8) is 0 Å². The highest BCUT2D eigenvalue weighted by atomic mass is 16.2. The van der Waals surface area contributed by atoms with E-state index in [-0.39, 0.29) is 16.9 Å². The molecule has 0 atom stereocenters. The van der Waals surface area contributed by atoms with Crippen LogP contribution in [0.15, 0.2) is 47.4 Å². The predicted molar refractivity (Wildman–Crippen MR) is 78.7 cm³/mol. The van der Waals surface area contributed by atoms with Crippen LogP contribution >= 0.6 is 0 Å². The predicted octanol–water partition coefficient (Wildman–Crippen LogP) is 2.35. The maximum atomic E-state index is 12.4. The molecule has 0 unspecified atom stereocenters. The van der Waals surface area contributed by atoms with E-state index in [2.05, 4.69) is 4.98 Å². The summed E-state index contributed by atoms with van der Waals surface area (Å²) in [7, 11) is 0. The number of carbonyl (C=O) groups is 1. The maximum Gasteiger partial charge on any atom is 0.259 e. The molecule has 1 aromatic carbocycles. The number of aromatic amines is 1. The van der Waals surface area contributed by atoms with E-state index in [1.807, 2.05) is 37.3 Å². The van der Waals surface area contributed by atoms with Crippen LogP contribution in [0.3, 0.4) is 0 Å². The number of hydrogen-bond acceptors (Lipinski definition) is 2. The van der Waals surface area contributed by atoms with Gasteiger partial charge in [0, 0.05) is 31.0 Å². The summed E-state index contributed by atoms with van der Waals surface area (Å²) in [4.78, 5) is 28.9. The van der Waals surface area contributed by atoms with Gasteiger partial charge in [0.15, 0.2) is 5.43 Å². The molecule has 1 aromatic heterocycles. The molecule has 0 radical (unpaired) electrons. The average molecular weight is 270 g/mol. The Hall–Kier alpha value is -2.36. The molecular formula is C16H18N2O2. The van der Waals surface area contributed by atoms with Crippen LogP contribution in [-0.4, -0.2) is 22.3 Å². The minimum absolute atomic E-state index is 0.188. The quantitative estimate of drug-likeness (QED) is 0.927. The number of pyridine rings is 1. The Morgan fingerprint density at radius 3 is 2.55 bits per heavy atom. The molecule has 1 N–H and O–H groups in total. The highest BCUT2D eigenvalue weighted by Gasteiger charge is 2.17. The minimum Gasteiger partial charge on any atom is -0.364 e. The van der Waals surface area contributed by atoms with E-state index in [0.717, 1.165) is 11.3 Å². The molecule has 0 saturated heterocycles. The van der Waals surface area contributed by atoms with Crippen LogP contribution in [0.1, 0.15) is 28.5 Å². The van der Waals surface area contributed by atoms with Gasteiger partial charge in [-0.25, -0.2) is 0 Å². The first-order valence-electron chi connectivity index (χ1n) is 6.64. The molecule has 0 aliphatic carbocycles. The molecule has 0 aliphatic heterocycles. The zero-order valence-electron chi connectivity index (χ0n) is 11.7. The first kappa shape index (κ1) is 14.1.